The summed E-state index contributed by atoms with van der Waals surface area (Å²) in [4.78, 5) is 10.6. The second-order valence-corrected chi connectivity index (χ2v) is 3.82. The van der Waals surface area contributed by atoms with Gasteiger partial charge in [-0.15, -0.1) is 11.6 Å². The molecule has 94 valence electrons. The number of benzene rings is 1. The highest BCUT2D eigenvalue weighted by molar-refractivity contribution is 6.17. The number of hydrogen-bond donors (Lipinski definition) is 1. The first-order valence-electron chi connectivity index (χ1n) is 5.25. The molecule has 1 aromatic rings. The zero-order chi connectivity index (χ0) is 12.7. The van der Waals surface area contributed by atoms with Gasteiger partial charge in [-0.2, -0.15) is 0 Å². The number of carboxylic acids is 1. The lowest BCUT2D eigenvalue weighted by molar-refractivity contribution is -0.136. The molecule has 0 unspecified atom stereocenters. The minimum atomic E-state index is -0.872. The molecule has 0 fully saturated rings. The van der Waals surface area contributed by atoms with E-state index in [9.17, 15) is 4.79 Å². The Hall–Kier alpha value is -1.42. The summed E-state index contributed by atoms with van der Waals surface area (Å²) in [7, 11) is 1.52. The fourth-order valence-electron chi connectivity index (χ4n) is 1.35. The molecule has 0 aliphatic heterocycles. The Morgan fingerprint density at radius 2 is 2.18 bits per heavy atom. The number of alkyl halides is 1. The number of hydrogen-bond acceptors (Lipinski definition) is 3. The Balaban J connectivity index is 2.74. The summed E-state index contributed by atoms with van der Waals surface area (Å²) in [5.41, 5.74) is 0.680. The summed E-state index contributed by atoms with van der Waals surface area (Å²) in [5, 5.41) is 8.69. The lowest BCUT2D eigenvalue weighted by Gasteiger charge is -2.11. The molecule has 0 atom stereocenters. The number of ether oxygens (including phenoxy) is 2. The molecule has 1 aromatic carbocycles. The van der Waals surface area contributed by atoms with Crippen molar-refractivity contribution in [1.82, 2.24) is 0 Å². The summed E-state index contributed by atoms with van der Waals surface area (Å²) in [6, 6.07) is 5.10. The van der Waals surface area contributed by atoms with E-state index in [1.54, 1.807) is 18.2 Å². The average Bonchev–Trinajstić information content (AvgIpc) is 2.30. The standard InChI is InChI=1S/C12H15ClO4/c1-16-11-7-9(8-12(14)15)3-4-10(11)17-6-2-5-13/h3-4,7H,2,5-6,8H2,1H3,(H,14,15). The molecule has 0 spiro atoms. The molecule has 0 heterocycles. The molecule has 17 heavy (non-hydrogen) atoms. The van der Waals surface area contributed by atoms with Crippen molar-refractivity contribution in [2.75, 3.05) is 19.6 Å². The summed E-state index contributed by atoms with van der Waals surface area (Å²) in [6.07, 6.45) is 0.722. The van der Waals surface area contributed by atoms with Gasteiger partial charge in [-0.25, -0.2) is 0 Å². The third kappa shape index (κ3) is 4.53. The lowest BCUT2D eigenvalue weighted by atomic mass is 10.1. The third-order valence-corrected chi connectivity index (χ3v) is 2.39. The van der Waals surface area contributed by atoms with Crippen molar-refractivity contribution in [3.05, 3.63) is 23.8 Å². The van der Waals surface area contributed by atoms with Crippen molar-refractivity contribution in [2.45, 2.75) is 12.8 Å². The van der Waals surface area contributed by atoms with Crippen LogP contribution in [0, 0.1) is 0 Å². The second kappa shape index (κ2) is 7.01. The van der Waals surface area contributed by atoms with Crippen LogP contribution in [0.3, 0.4) is 0 Å². The number of halogens is 1. The zero-order valence-corrected chi connectivity index (χ0v) is 10.4. The molecule has 0 bridgehead atoms. The molecular formula is C12H15ClO4. The molecule has 1 N–H and O–H groups in total. The van der Waals surface area contributed by atoms with E-state index in [1.807, 2.05) is 0 Å². The third-order valence-electron chi connectivity index (χ3n) is 2.12. The van der Waals surface area contributed by atoms with Crippen LogP contribution in [-0.4, -0.2) is 30.7 Å². The molecule has 0 saturated carbocycles. The number of carboxylic acid groups (broad SMARTS) is 1. The van der Waals surface area contributed by atoms with Crippen molar-refractivity contribution in [3.8, 4) is 11.5 Å². The number of aliphatic carboxylic acids is 1. The molecule has 0 aliphatic rings. The predicted octanol–water partition coefficient (Wildman–Crippen LogP) is 2.33. The van der Waals surface area contributed by atoms with E-state index in [4.69, 9.17) is 26.2 Å². The fraction of sp³-hybridized carbons (Fsp3) is 0.417. The summed E-state index contributed by atoms with van der Waals surface area (Å²) >= 11 is 5.55. The van der Waals surface area contributed by atoms with Gasteiger partial charge >= 0.3 is 5.97 Å². The van der Waals surface area contributed by atoms with Gasteiger partial charge in [0, 0.05) is 5.88 Å². The van der Waals surface area contributed by atoms with Crippen LogP contribution >= 0.6 is 11.6 Å². The predicted molar refractivity (Wildman–Crippen MR) is 65.2 cm³/mol. The van der Waals surface area contributed by atoms with E-state index in [2.05, 4.69) is 0 Å². The Morgan fingerprint density at radius 3 is 2.76 bits per heavy atom. The van der Waals surface area contributed by atoms with Gasteiger partial charge in [0.25, 0.3) is 0 Å². The van der Waals surface area contributed by atoms with Crippen molar-refractivity contribution in [3.63, 3.8) is 0 Å². The summed E-state index contributed by atoms with van der Waals surface area (Å²) in [6.45, 7) is 0.512. The first-order valence-corrected chi connectivity index (χ1v) is 5.78. The van der Waals surface area contributed by atoms with Crippen LogP contribution in [0.15, 0.2) is 18.2 Å². The van der Waals surface area contributed by atoms with E-state index in [1.165, 1.54) is 7.11 Å². The second-order valence-electron chi connectivity index (χ2n) is 3.45. The van der Waals surface area contributed by atoms with Gasteiger partial charge < -0.3 is 14.6 Å². The van der Waals surface area contributed by atoms with Gasteiger partial charge in [0.05, 0.1) is 20.1 Å². The van der Waals surface area contributed by atoms with E-state index < -0.39 is 5.97 Å². The Kier molecular flexibility index (Phi) is 5.63. The molecule has 0 radical (unpaired) electrons. The van der Waals surface area contributed by atoms with Crippen molar-refractivity contribution in [2.24, 2.45) is 0 Å². The molecule has 0 amide bonds. The highest BCUT2D eigenvalue weighted by atomic mass is 35.5. The van der Waals surface area contributed by atoms with Crippen LogP contribution in [-0.2, 0) is 11.2 Å². The van der Waals surface area contributed by atoms with Crippen LogP contribution in [0.2, 0.25) is 0 Å². The van der Waals surface area contributed by atoms with E-state index in [0.29, 0.717) is 29.5 Å². The molecule has 0 saturated heterocycles. The SMILES string of the molecule is COc1cc(CC(=O)O)ccc1OCCCCl. The van der Waals surface area contributed by atoms with E-state index in [0.717, 1.165) is 6.42 Å². The minimum absolute atomic E-state index is 0.0294. The van der Waals surface area contributed by atoms with Gasteiger partial charge in [-0.3, -0.25) is 4.79 Å². The van der Waals surface area contributed by atoms with Crippen LogP contribution < -0.4 is 9.47 Å². The van der Waals surface area contributed by atoms with Crippen LogP contribution in [0.4, 0.5) is 0 Å². The monoisotopic (exact) mass is 258 g/mol. The number of methoxy groups -OCH3 is 1. The highest BCUT2D eigenvalue weighted by Crippen LogP contribution is 2.28. The fourth-order valence-corrected chi connectivity index (χ4v) is 1.46. The van der Waals surface area contributed by atoms with E-state index >= 15 is 0 Å². The van der Waals surface area contributed by atoms with E-state index in [-0.39, 0.29) is 6.42 Å². The normalized spacial score (nSPS) is 10.0. The Bertz CT molecular complexity index is 379. The van der Waals surface area contributed by atoms with Crippen molar-refractivity contribution >= 4 is 17.6 Å². The summed E-state index contributed by atoms with van der Waals surface area (Å²) in [5.74, 6) is 0.812. The molecule has 0 aromatic heterocycles. The first-order chi connectivity index (χ1) is 8.17. The maximum Gasteiger partial charge on any atom is 0.307 e. The molecular weight excluding hydrogens is 244 g/mol. The smallest absolute Gasteiger partial charge is 0.307 e. The molecule has 0 aliphatic carbocycles. The largest absolute Gasteiger partial charge is 0.493 e. The topological polar surface area (TPSA) is 55.8 Å². The maximum atomic E-state index is 10.6. The Morgan fingerprint density at radius 1 is 1.41 bits per heavy atom. The van der Waals surface area contributed by atoms with Crippen molar-refractivity contribution in [1.29, 1.82) is 0 Å². The van der Waals surface area contributed by atoms with Gasteiger partial charge in [0.1, 0.15) is 0 Å². The Labute approximate surface area is 105 Å². The van der Waals surface area contributed by atoms with Gasteiger partial charge in [-0.1, -0.05) is 6.07 Å². The number of carbonyl (C=O) groups is 1. The van der Waals surface area contributed by atoms with Crippen LogP contribution in [0.25, 0.3) is 0 Å². The minimum Gasteiger partial charge on any atom is -0.493 e. The molecule has 4 nitrogen and oxygen atoms in total. The lowest BCUT2D eigenvalue weighted by Crippen LogP contribution is -2.03. The van der Waals surface area contributed by atoms with Crippen LogP contribution in [0.5, 0.6) is 11.5 Å². The maximum absolute atomic E-state index is 10.6. The van der Waals surface area contributed by atoms with Gasteiger partial charge in [0.2, 0.25) is 0 Å². The molecule has 1 rings (SSSR count). The van der Waals surface area contributed by atoms with Gasteiger partial charge in [0.15, 0.2) is 11.5 Å². The zero-order valence-electron chi connectivity index (χ0n) is 9.61. The first kappa shape index (κ1) is 13.6. The molecule has 5 heteroatoms. The van der Waals surface area contributed by atoms with Crippen LogP contribution in [0.1, 0.15) is 12.0 Å². The van der Waals surface area contributed by atoms with Gasteiger partial charge in [-0.05, 0) is 24.1 Å². The quantitative estimate of drug-likeness (QED) is 0.602. The average molecular weight is 259 g/mol. The highest BCUT2D eigenvalue weighted by Gasteiger charge is 2.07. The number of rotatable bonds is 7. The van der Waals surface area contributed by atoms with Crippen molar-refractivity contribution < 1.29 is 19.4 Å². The summed E-state index contributed by atoms with van der Waals surface area (Å²) < 4.78 is 10.6.